The molecule has 2 heterocycles. The molecule has 0 radical (unpaired) electrons. The van der Waals surface area contributed by atoms with Gasteiger partial charge < -0.3 is 20.7 Å². The zero-order valence-electron chi connectivity index (χ0n) is 17.9. The normalized spacial score (nSPS) is 16.1. The minimum absolute atomic E-state index is 0. The number of hydrogen-bond acceptors (Lipinski definition) is 5. The zero-order valence-corrected chi connectivity index (χ0v) is 20.2. The van der Waals surface area contributed by atoms with Crippen molar-refractivity contribution < 1.29 is 9.53 Å². The standard InChI is InChI=1S/C20H34N6O2.HI/c1-15(2)17(26-10-12-28-13-11-26)14-23-20(21-4)22-9-8-19(27)25-18-7-5-6-16(3)24-18;/h5-7,15,17H,8-14H2,1-4H3,(H2,21,22,23)(H,24,25,27);1H. The Balaban J connectivity index is 0.00000420. The van der Waals surface area contributed by atoms with Crippen LogP contribution >= 0.6 is 24.0 Å². The molecule has 1 aromatic rings. The lowest BCUT2D eigenvalue weighted by Gasteiger charge is -2.37. The number of rotatable bonds is 8. The molecule has 2 rings (SSSR count). The van der Waals surface area contributed by atoms with Gasteiger partial charge in [-0.25, -0.2) is 4.98 Å². The van der Waals surface area contributed by atoms with Crippen LogP contribution in [0.4, 0.5) is 5.82 Å². The first kappa shape index (κ1) is 25.6. The lowest BCUT2D eigenvalue weighted by Crippen LogP contribution is -2.52. The fraction of sp³-hybridized carbons (Fsp3) is 0.650. The number of amides is 1. The van der Waals surface area contributed by atoms with Gasteiger partial charge >= 0.3 is 0 Å². The summed E-state index contributed by atoms with van der Waals surface area (Å²) < 4.78 is 5.46. The number of carbonyl (C=O) groups excluding carboxylic acids is 1. The summed E-state index contributed by atoms with van der Waals surface area (Å²) in [5.74, 6) is 1.74. The lowest BCUT2D eigenvalue weighted by molar-refractivity contribution is -0.116. The highest BCUT2D eigenvalue weighted by Gasteiger charge is 2.23. The van der Waals surface area contributed by atoms with E-state index in [-0.39, 0.29) is 29.9 Å². The number of aliphatic imine (C=N–C) groups is 1. The van der Waals surface area contributed by atoms with Crippen molar-refractivity contribution in [3.63, 3.8) is 0 Å². The molecule has 0 bridgehead atoms. The second-order valence-corrected chi connectivity index (χ2v) is 7.30. The number of nitrogens with one attached hydrogen (secondary N) is 3. The molecule has 0 aliphatic carbocycles. The van der Waals surface area contributed by atoms with Crippen LogP contribution in [-0.4, -0.2) is 74.2 Å². The van der Waals surface area contributed by atoms with Crippen LogP contribution in [0, 0.1) is 12.8 Å². The lowest BCUT2D eigenvalue weighted by atomic mass is 10.0. The summed E-state index contributed by atoms with van der Waals surface area (Å²) in [7, 11) is 1.74. The van der Waals surface area contributed by atoms with E-state index in [1.54, 1.807) is 13.1 Å². The molecule has 0 spiro atoms. The molecule has 1 amide bonds. The van der Waals surface area contributed by atoms with Gasteiger partial charge in [0.15, 0.2) is 5.96 Å². The quantitative estimate of drug-likeness (QED) is 0.277. The largest absolute Gasteiger partial charge is 0.379 e. The Kier molecular flexibility index (Phi) is 12.1. The van der Waals surface area contributed by atoms with Crippen LogP contribution in [0.25, 0.3) is 0 Å². The number of carbonyl (C=O) groups is 1. The number of nitrogens with zero attached hydrogens (tertiary/aromatic N) is 3. The number of hydrogen-bond donors (Lipinski definition) is 3. The first-order valence-electron chi connectivity index (χ1n) is 9.99. The van der Waals surface area contributed by atoms with Crippen LogP contribution in [0.15, 0.2) is 23.2 Å². The Labute approximate surface area is 191 Å². The monoisotopic (exact) mass is 518 g/mol. The maximum atomic E-state index is 12.1. The van der Waals surface area contributed by atoms with Crippen LogP contribution in [0.1, 0.15) is 26.0 Å². The molecule has 8 nitrogen and oxygen atoms in total. The molecule has 164 valence electrons. The third-order valence-corrected chi connectivity index (χ3v) is 4.79. The number of ether oxygens (including phenoxy) is 1. The van der Waals surface area contributed by atoms with Crippen molar-refractivity contribution in [3.8, 4) is 0 Å². The fourth-order valence-corrected chi connectivity index (χ4v) is 3.23. The van der Waals surface area contributed by atoms with E-state index < -0.39 is 0 Å². The van der Waals surface area contributed by atoms with Gasteiger partial charge in [0.25, 0.3) is 0 Å². The molecule has 1 fully saturated rings. The van der Waals surface area contributed by atoms with E-state index in [4.69, 9.17) is 4.74 Å². The molecule has 0 saturated carbocycles. The molecular weight excluding hydrogens is 483 g/mol. The molecule has 0 aromatic carbocycles. The number of aromatic nitrogens is 1. The summed E-state index contributed by atoms with van der Waals surface area (Å²) in [6, 6.07) is 5.98. The van der Waals surface area contributed by atoms with Gasteiger partial charge in [-0.2, -0.15) is 0 Å². The van der Waals surface area contributed by atoms with Crippen molar-refractivity contribution in [2.24, 2.45) is 10.9 Å². The Morgan fingerprint density at radius 3 is 2.62 bits per heavy atom. The first-order chi connectivity index (χ1) is 13.5. The molecule has 1 atom stereocenters. The minimum Gasteiger partial charge on any atom is -0.379 e. The molecule has 1 aromatic heterocycles. The smallest absolute Gasteiger partial charge is 0.227 e. The zero-order chi connectivity index (χ0) is 20.4. The SMILES string of the molecule is CN=C(NCCC(=O)Nc1cccc(C)n1)NCC(C(C)C)N1CCOCC1.I. The number of guanidine groups is 1. The second kappa shape index (κ2) is 13.7. The summed E-state index contributed by atoms with van der Waals surface area (Å²) in [4.78, 5) is 23.1. The molecular formula is C20H35IN6O2. The molecule has 1 aliphatic rings. The molecule has 9 heteroatoms. The minimum atomic E-state index is -0.0746. The van der Waals surface area contributed by atoms with Crippen molar-refractivity contribution in [2.45, 2.75) is 33.2 Å². The van der Waals surface area contributed by atoms with Crippen molar-refractivity contribution >= 4 is 41.7 Å². The number of anilines is 1. The first-order valence-corrected chi connectivity index (χ1v) is 9.99. The van der Waals surface area contributed by atoms with E-state index in [2.05, 4.69) is 44.7 Å². The second-order valence-electron chi connectivity index (χ2n) is 7.30. The molecule has 1 aliphatic heterocycles. The molecule has 3 N–H and O–H groups in total. The summed E-state index contributed by atoms with van der Waals surface area (Å²) in [6.45, 7) is 11.2. The van der Waals surface area contributed by atoms with Gasteiger partial charge in [-0.05, 0) is 25.0 Å². The van der Waals surface area contributed by atoms with Crippen molar-refractivity contribution in [1.82, 2.24) is 20.5 Å². The van der Waals surface area contributed by atoms with Crippen molar-refractivity contribution in [1.29, 1.82) is 0 Å². The summed E-state index contributed by atoms with van der Waals surface area (Å²) in [5.41, 5.74) is 0.875. The van der Waals surface area contributed by atoms with Crippen LogP contribution in [0.5, 0.6) is 0 Å². The number of pyridine rings is 1. The Bertz CT molecular complexity index is 650. The van der Waals surface area contributed by atoms with E-state index in [9.17, 15) is 4.79 Å². The van der Waals surface area contributed by atoms with Crippen LogP contribution in [0.2, 0.25) is 0 Å². The van der Waals surface area contributed by atoms with E-state index in [1.807, 2.05) is 19.1 Å². The van der Waals surface area contributed by atoms with Crippen molar-refractivity contribution in [2.75, 3.05) is 51.8 Å². The van der Waals surface area contributed by atoms with E-state index in [0.29, 0.717) is 36.7 Å². The van der Waals surface area contributed by atoms with E-state index in [1.165, 1.54) is 0 Å². The van der Waals surface area contributed by atoms with E-state index >= 15 is 0 Å². The third-order valence-electron chi connectivity index (χ3n) is 4.79. The number of aryl methyl sites for hydroxylation is 1. The molecule has 29 heavy (non-hydrogen) atoms. The van der Waals surface area contributed by atoms with Gasteiger partial charge in [-0.3, -0.25) is 14.7 Å². The summed E-state index contributed by atoms with van der Waals surface area (Å²) >= 11 is 0. The van der Waals surface area contributed by atoms with Crippen LogP contribution in [-0.2, 0) is 9.53 Å². The molecule has 1 saturated heterocycles. The van der Waals surface area contributed by atoms with Crippen molar-refractivity contribution in [3.05, 3.63) is 23.9 Å². The summed E-state index contributed by atoms with van der Waals surface area (Å²) in [6.07, 6.45) is 0.341. The Morgan fingerprint density at radius 2 is 2.00 bits per heavy atom. The average Bonchev–Trinajstić information content (AvgIpc) is 2.67. The number of halogens is 1. The Morgan fingerprint density at radius 1 is 1.28 bits per heavy atom. The van der Waals surface area contributed by atoms with E-state index in [0.717, 1.165) is 38.5 Å². The fourth-order valence-electron chi connectivity index (χ4n) is 3.23. The Hall–Kier alpha value is -1.46. The van der Waals surface area contributed by atoms with Gasteiger partial charge in [0, 0.05) is 51.4 Å². The third kappa shape index (κ3) is 9.26. The maximum Gasteiger partial charge on any atom is 0.227 e. The highest BCUT2D eigenvalue weighted by molar-refractivity contribution is 14.0. The highest BCUT2D eigenvalue weighted by atomic mass is 127. The maximum absolute atomic E-state index is 12.1. The van der Waals surface area contributed by atoms with Crippen LogP contribution < -0.4 is 16.0 Å². The predicted molar refractivity (Wildman–Crippen MR) is 128 cm³/mol. The average molecular weight is 518 g/mol. The van der Waals surface area contributed by atoms with Gasteiger partial charge in [0.05, 0.1) is 13.2 Å². The molecule has 1 unspecified atom stereocenters. The summed E-state index contributed by atoms with van der Waals surface area (Å²) in [5, 5.41) is 9.41. The number of morpholine rings is 1. The van der Waals surface area contributed by atoms with Gasteiger partial charge in [0.1, 0.15) is 5.82 Å². The predicted octanol–water partition coefficient (Wildman–Crippen LogP) is 1.86. The topological polar surface area (TPSA) is 90.9 Å². The van der Waals surface area contributed by atoms with Gasteiger partial charge in [0.2, 0.25) is 5.91 Å². The van der Waals surface area contributed by atoms with Crippen LogP contribution in [0.3, 0.4) is 0 Å². The highest BCUT2D eigenvalue weighted by Crippen LogP contribution is 2.12. The van der Waals surface area contributed by atoms with Gasteiger partial charge in [-0.15, -0.1) is 24.0 Å². The van der Waals surface area contributed by atoms with Gasteiger partial charge in [-0.1, -0.05) is 19.9 Å².